The molecule has 1 atom stereocenters. The van der Waals surface area contributed by atoms with Gasteiger partial charge < -0.3 is 9.84 Å². The molecule has 0 amide bonds. The van der Waals surface area contributed by atoms with Gasteiger partial charge in [0, 0.05) is 0 Å². The van der Waals surface area contributed by atoms with Crippen LogP contribution in [0.25, 0.3) is 0 Å². The molecule has 1 N–H and O–H groups in total. The maximum atomic E-state index is 11.6. The monoisotopic (exact) mass is 284 g/mol. The Morgan fingerprint density at radius 1 is 1.42 bits per heavy atom. The summed E-state index contributed by atoms with van der Waals surface area (Å²) in [7, 11) is -3.27. The zero-order valence-corrected chi connectivity index (χ0v) is 12.1. The van der Waals surface area contributed by atoms with Crippen molar-refractivity contribution in [1.29, 1.82) is 0 Å². The predicted octanol–water partition coefficient (Wildman–Crippen LogP) is 1.73. The van der Waals surface area contributed by atoms with Crippen LogP contribution in [0.15, 0.2) is 36.4 Å². The standard InChI is InChI=1S/C14H20O4S/c1-3-4-8-19(16,17)11-13(15)10-18-14-7-5-6-12(2)9-14/h3-7,9,13,15H,8,10-11H2,1-2H3. The fourth-order valence-corrected chi connectivity index (χ4v) is 2.85. The normalized spacial score (nSPS) is 13.6. The molecule has 0 aromatic heterocycles. The Morgan fingerprint density at radius 3 is 2.79 bits per heavy atom. The van der Waals surface area contributed by atoms with Crippen LogP contribution in [0.1, 0.15) is 12.5 Å². The number of hydrogen-bond donors (Lipinski definition) is 1. The Hall–Kier alpha value is -1.33. The molecule has 0 bridgehead atoms. The fourth-order valence-electron chi connectivity index (χ4n) is 1.55. The van der Waals surface area contributed by atoms with Gasteiger partial charge in [0.1, 0.15) is 18.5 Å². The van der Waals surface area contributed by atoms with E-state index in [1.807, 2.05) is 25.1 Å². The van der Waals surface area contributed by atoms with Gasteiger partial charge in [-0.2, -0.15) is 0 Å². The van der Waals surface area contributed by atoms with Gasteiger partial charge in [0.25, 0.3) is 0 Å². The first-order chi connectivity index (χ1) is 8.93. The van der Waals surface area contributed by atoms with Crippen LogP contribution in [0.2, 0.25) is 0 Å². The largest absolute Gasteiger partial charge is 0.491 e. The highest BCUT2D eigenvalue weighted by atomic mass is 32.2. The highest BCUT2D eigenvalue weighted by molar-refractivity contribution is 7.91. The number of benzene rings is 1. The fraction of sp³-hybridized carbons (Fsp3) is 0.429. The highest BCUT2D eigenvalue weighted by Crippen LogP contribution is 2.12. The molecule has 5 heteroatoms. The van der Waals surface area contributed by atoms with Gasteiger partial charge in [-0.1, -0.05) is 24.3 Å². The number of sulfone groups is 1. The summed E-state index contributed by atoms with van der Waals surface area (Å²) in [5.74, 6) is 0.290. The molecule has 1 rings (SSSR count). The smallest absolute Gasteiger partial charge is 0.156 e. The molecule has 0 aliphatic heterocycles. The molecule has 1 unspecified atom stereocenters. The molecule has 19 heavy (non-hydrogen) atoms. The van der Waals surface area contributed by atoms with Gasteiger partial charge in [-0.3, -0.25) is 0 Å². The van der Waals surface area contributed by atoms with Crippen LogP contribution in [0.4, 0.5) is 0 Å². The second-order valence-electron chi connectivity index (χ2n) is 4.43. The number of aryl methyl sites for hydroxylation is 1. The Bertz CT molecular complexity index is 520. The molecule has 0 aliphatic rings. The Morgan fingerprint density at radius 2 is 2.16 bits per heavy atom. The predicted molar refractivity (Wildman–Crippen MR) is 76.1 cm³/mol. The van der Waals surface area contributed by atoms with Crippen LogP contribution in [-0.4, -0.2) is 37.7 Å². The van der Waals surface area contributed by atoms with Gasteiger partial charge >= 0.3 is 0 Å². The van der Waals surface area contributed by atoms with Crippen molar-refractivity contribution < 1.29 is 18.3 Å². The van der Waals surface area contributed by atoms with Crippen molar-refractivity contribution in [3.63, 3.8) is 0 Å². The minimum absolute atomic E-state index is 0.0292. The van der Waals surface area contributed by atoms with Gasteiger partial charge in [-0.25, -0.2) is 8.42 Å². The van der Waals surface area contributed by atoms with Crippen LogP contribution in [0.3, 0.4) is 0 Å². The second kappa shape index (κ2) is 7.31. The summed E-state index contributed by atoms with van der Waals surface area (Å²) in [5.41, 5.74) is 1.05. The molecule has 0 saturated carbocycles. The van der Waals surface area contributed by atoms with Crippen molar-refractivity contribution in [3.8, 4) is 5.75 Å². The highest BCUT2D eigenvalue weighted by Gasteiger charge is 2.16. The Kier molecular flexibility index (Phi) is 6.05. The molecule has 0 spiro atoms. The number of hydrogen-bond acceptors (Lipinski definition) is 4. The first kappa shape index (κ1) is 15.7. The molecular weight excluding hydrogens is 264 g/mol. The maximum absolute atomic E-state index is 11.6. The number of allylic oxidation sites excluding steroid dienone is 1. The van der Waals surface area contributed by atoms with Crippen molar-refractivity contribution in [3.05, 3.63) is 42.0 Å². The molecule has 4 nitrogen and oxygen atoms in total. The summed E-state index contributed by atoms with van der Waals surface area (Å²) in [4.78, 5) is 0. The van der Waals surface area contributed by atoms with Gasteiger partial charge in [0.2, 0.25) is 0 Å². The first-order valence-electron chi connectivity index (χ1n) is 6.12. The topological polar surface area (TPSA) is 63.6 Å². The summed E-state index contributed by atoms with van der Waals surface area (Å²) in [6.07, 6.45) is 2.21. The van der Waals surface area contributed by atoms with E-state index in [9.17, 15) is 13.5 Å². The molecule has 1 aromatic carbocycles. The maximum Gasteiger partial charge on any atom is 0.156 e. The Balaban J connectivity index is 2.45. The van der Waals surface area contributed by atoms with E-state index in [1.54, 1.807) is 25.1 Å². The van der Waals surface area contributed by atoms with Gasteiger partial charge in [0.05, 0.1) is 11.5 Å². The van der Waals surface area contributed by atoms with Gasteiger partial charge in [-0.15, -0.1) is 0 Å². The summed E-state index contributed by atoms with van der Waals surface area (Å²) in [5, 5.41) is 9.69. The lowest BCUT2D eigenvalue weighted by atomic mass is 10.2. The molecule has 0 saturated heterocycles. The zero-order chi connectivity index (χ0) is 14.3. The van der Waals surface area contributed by atoms with Crippen molar-refractivity contribution in [2.75, 3.05) is 18.1 Å². The van der Waals surface area contributed by atoms with E-state index in [0.717, 1.165) is 5.56 Å². The average Bonchev–Trinajstić information content (AvgIpc) is 2.34. The van der Waals surface area contributed by atoms with Crippen molar-refractivity contribution in [2.45, 2.75) is 20.0 Å². The van der Waals surface area contributed by atoms with E-state index >= 15 is 0 Å². The number of aliphatic hydroxyl groups is 1. The molecular formula is C14H20O4S. The van der Waals surface area contributed by atoms with E-state index in [0.29, 0.717) is 5.75 Å². The third-order valence-electron chi connectivity index (χ3n) is 2.46. The minimum Gasteiger partial charge on any atom is -0.491 e. The molecule has 106 valence electrons. The van der Waals surface area contributed by atoms with Gasteiger partial charge in [-0.05, 0) is 31.5 Å². The van der Waals surface area contributed by atoms with E-state index in [1.165, 1.54) is 0 Å². The van der Waals surface area contributed by atoms with E-state index in [4.69, 9.17) is 4.74 Å². The van der Waals surface area contributed by atoms with Gasteiger partial charge in [0.15, 0.2) is 9.84 Å². The van der Waals surface area contributed by atoms with Crippen molar-refractivity contribution in [1.82, 2.24) is 0 Å². The van der Waals surface area contributed by atoms with E-state index in [2.05, 4.69) is 0 Å². The summed E-state index contributed by atoms with van der Waals surface area (Å²) >= 11 is 0. The zero-order valence-electron chi connectivity index (χ0n) is 11.2. The van der Waals surface area contributed by atoms with Crippen LogP contribution < -0.4 is 4.74 Å². The third-order valence-corrected chi connectivity index (χ3v) is 4.06. The van der Waals surface area contributed by atoms with Crippen molar-refractivity contribution in [2.24, 2.45) is 0 Å². The molecule has 1 aromatic rings. The van der Waals surface area contributed by atoms with Crippen LogP contribution in [-0.2, 0) is 9.84 Å². The number of rotatable bonds is 7. The Labute approximate surface area is 114 Å². The number of aliphatic hydroxyl groups excluding tert-OH is 1. The summed E-state index contributed by atoms with van der Waals surface area (Å²) < 4.78 is 28.6. The van der Waals surface area contributed by atoms with Crippen LogP contribution >= 0.6 is 0 Å². The molecule has 0 aliphatic carbocycles. The quantitative estimate of drug-likeness (QED) is 0.774. The lowest BCUT2D eigenvalue weighted by Crippen LogP contribution is -2.28. The minimum atomic E-state index is -3.27. The van der Waals surface area contributed by atoms with Crippen LogP contribution in [0, 0.1) is 6.92 Å². The molecule has 0 fully saturated rings. The van der Waals surface area contributed by atoms with E-state index in [-0.39, 0.29) is 18.1 Å². The average molecular weight is 284 g/mol. The first-order valence-corrected chi connectivity index (χ1v) is 7.94. The molecule has 0 heterocycles. The lowest BCUT2D eigenvalue weighted by Gasteiger charge is -2.12. The van der Waals surface area contributed by atoms with E-state index < -0.39 is 15.9 Å². The molecule has 0 radical (unpaired) electrons. The second-order valence-corrected chi connectivity index (χ2v) is 6.58. The van der Waals surface area contributed by atoms with Crippen molar-refractivity contribution >= 4 is 9.84 Å². The lowest BCUT2D eigenvalue weighted by molar-refractivity contribution is 0.125. The SMILES string of the molecule is CC=CCS(=O)(=O)CC(O)COc1cccc(C)c1. The third kappa shape index (κ3) is 6.40. The summed E-state index contributed by atoms with van der Waals surface area (Å²) in [6.45, 7) is 3.66. The number of ether oxygens (including phenoxy) is 1. The van der Waals surface area contributed by atoms with Crippen LogP contribution in [0.5, 0.6) is 5.75 Å². The summed E-state index contributed by atoms with van der Waals surface area (Å²) in [6, 6.07) is 7.39.